The van der Waals surface area contributed by atoms with Crippen LogP contribution in [-0.2, 0) is 6.42 Å². The number of piperazine rings is 1. The number of benzene rings is 3. The van der Waals surface area contributed by atoms with Crippen LogP contribution in [0.15, 0.2) is 66.7 Å². The molecule has 0 atom stereocenters. The molecule has 1 aromatic heterocycles. The molecular weight excluding hydrogens is 414 g/mol. The highest BCUT2D eigenvalue weighted by Gasteiger charge is 2.24. The van der Waals surface area contributed by atoms with E-state index < -0.39 is 0 Å². The van der Waals surface area contributed by atoms with Crippen molar-refractivity contribution in [1.82, 2.24) is 9.88 Å². The average molecular weight is 442 g/mol. The number of carbonyl (C=O) groups excluding carboxylic acids is 1. The van der Waals surface area contributed by atoms with E-state index in [1.54, 1.807) is 11.3 Å². The summed E-state index contributed by atoms with van der Waals surface area (Å²) in [6, 6.07) is 22.9. The molecule has 0 saturated carbocycles. The quantitative estimate of drug-likeness (QED) is 0.422. The molecule has 2 heterocycles. The molecule has 5 rings (SSSR count). The molecule has 3 aromatic carbocycles. The van der Waals surface area contributed by atoms with Gasteiger partial charge in [-0.3, -0.25) is 4.79 Å². The van der Waals surface area contributed by atoms with Crippen LogP contribution >= 0.6 is 11.3 Å². The van der Waals surface area contributed by atoms with Crippen molar-refractivity contribution in [3.63, 3.8) is 0 Å². The minimum atomic E-state index is 0.117. The Hall–Kier alpha value is -3.18. The van der Waals surface area contributed by atoms with Crippen molar-refractivity contribution in [2.75, 3.05) is 31.1 Å². The van der Waals surface area contributed by atoms with Gasteiger partial charge in [-0.1, -0.05) is 59.9 Å². The number of nitrogens with zero attached hydrogens (tertiary/aromatic N) is 3. The number of hydrogen-bond acceptors (Lipinski definition) is 4. The maximum atomic E-state index is 13.0. The van der Waals surface area contributed by atoms with Gasteiger partial charge in [0, 0.05) is 31.7 Å². The third-order valence-corrected chi connectivity index (χ3v) is 7.37. The summed E-state index contributed by atoms with van der Waals surface area (Å²) >= 11 is 1.76. The van der Waals surface area contributed by atoms with Gasteiger partial charge in [-0.2, -0.15) is 0 Å². The first-order valence-electron chi connectivity index (χ1n) is 11.1. The maximum Gasteiger partial charge on any atom is 0.253 e. The Morgan fingerprint density at radius 3 is 2.31 bits per heavy atom. The maximum absolute atomic E-state index is 13.0. The number of hydrogen-bond donors (Lipinski definition) is 0. The third kappa shape index (κ3) is 4.26. The lowest BCUT2D eigenvalue weighted by atomic mass is 10.0. The number of thiazole rings is 1. The van der Waals surface area contributed by atoms with Crippen LogP contribution in [0.4, 0.5) is 5.13 Å². The van der Waals surface area contributed by atoms with Gasteiger partial charge in [-0.15, -0.1) is 0 Å². The Morgan fingerprint density at radius 2 is 1.59 bits per heavy atom. The summed E-state index contributed by atoms with van der Waals surface area (Å²) < 4.78 is 1.26. The van der Waals surface area contributed by atoms with Gasteiger partial charge < -0.3 is 9.80 Å². The second-order valence-electron chi connectivity index (χ2n) is 8.57. The zero-order valence-electron chi connectivity index (χ0n) is 18.5. The van der Waals surface area contributed by atoms with Crippen molar-refractivity contribution in [3.05, 3.63) is 94.5 Å². The predicted molar refractivity (Wildman–Crippen MR) is 133 cm³/mol. The molecule has 1 saturated heterocycles. The monoisotopic (exact) mass is 441 g/mol. The van der Waals surface area contributed by atoms with Gasteiger partial charge in [0.05, 0.1) is 10.2 Å². The lowest BCUT2D eigenvalue weighted by Gasteiger charge is -2.34. The summed E-state index contributed by atoms with van der Waals surface area (Å²) in [4.78, 5) is 22.2. The van der Waals surface area contributed by atoms with E-state index in [1.165, 1.54) is 27.0 Å². The molecular formula is C27H27N3OS. The fraction of sp³-hybridized carbons (Fsp3) is 0.259. The van der Waals surface area contributed by atoms with E-state index in [9.17, 15) is 4.79 Å². The number of aromatic nitrogens is 1. The summed E-state index contributed by atoms with van der Waals surface area (Å²) in [7, 11) is 0. The molecule has 0 N–H and O–H groups in total. The van der Waals surface area contributed by atoms with Gasteiger partial charge in [0.25, 0.3) is 5.91 Å². The molecule has 5 heteroatoms. The minimum Gasteiger partial charge on any atom is -0.345 e. The number of aryl methyl sites for hydroxylation is 2. The van der Waals surface area contributed by atoms with Crippen molar-refractivity contribution in [1.29, 1.82) is 0 Å². The molecule has 4 nitrogen and oxygen atoms in total. The standard InChI is InChI=1S/C27H27N3OS/c1-19-16-20(2)25-24(17-19)28-27(32-25)30-14-12-29(13-15-30)26(31)23-10-8-22(9-11-23)18-21-6-4-3-5-7-21/h3-11,16-17H,12-15,18H2,1-2H3. The molecule has 1 aliphatic rings. The van der Waals surface area contributed by atoms with Crippen molar-refractivity contribution < 1.29 is 4.79 Å². The molecule has 162 valence electrons. The molecule has 0 aliphatic carbocycles. The van der Waals surface area contributed by atoms with E-state index in [2.05, 4.69) is 67.3 Å². The lowest BCUT2D eigenvalue weighted by molar-refractivity contribution is 0.0747. The van der Waals surface area contributed by atoms with E-state index in [-0.39, 0.29) is 5.91 Å². The van der Waals surface area contributed by atoms with E-state index in [1.807, 2.05) is 23.1 Å². The van der Waals surface area contributed by atoms with Gasteiger partial charge in [0.1, 0.15) is 0 Å². The highest BCUT2D eigenvalue weighted by Crippen LogP contribution is 2.32. The molecule has 0 radical (unpaired) electrons. The summed E-state index contributed by atoms with van der Waals surface area (Å²) in [5.41, 5.74) is 6.88. The summed E-state index contributed by atoms with van der Waals surface area (Å²) in [5.74, 6) is 0.117. The smallest absolute Gasteiger partial charge is 0.253 e. The number of amides is 1. The Morgan fingerprint density at radius 1 is 0.906 bits per heavy atom. The van der Waals surface area contributed by atoms with Gasteiger partial charge in [0.15, 0.2) is 5.13 Å². The minimum absolute atomic E-state index is 0.117. The highest BCUT2D eigenvalue weighted by molar-refractivity contribution is 7.22. The number of rotatable bonds is 4. The summed E-state index contributed by atoms with van der Waals surface area (Å²) in [6.45, 7) is 7.34. The van der Waals surface area contributed by atoms with Crippen LogP contribution in [0.1, 0.15) is 32.6 Å². The Bertz CT molecular complexity index is 1240. The van der Waals surface area contributed by atoms with E-state index in [0.29, 0.717) is 0 Å². The van der Waals surface area contributed by atoms with Crippen LogP contribution in [0.25, 0.3) is 10.2 Å². The molecule has 0 spiro atoms. The van der Waals surface area contributed by atoms with Crippen LogP contribution < -0.4 is 4.90 Å². The van der Waals surface area contributed by atoms with Crippen LogP contribution in [0.5, 0.6) is 0 Å². The fourth-order valence-corrected chi connectivity index (χ4v) is 5.45. The van der Waals surface area contributed by atoms with Crippen LogP contribution in [-0.4, -0.2) is 42.0 Å². The Kier molecular flexibility index (Phi) is 5.66. The van der Waals surface area contributed by atoms with Gasteiger partial charge >= 0.3 is 0 Å². The molecule has 4 aromatic rings. The van der Waals surface area contributed by atoms with Gasteiger partial charge in [-0.05, 0) is 60.7 Å². The third-order valence-electron chi connectivity index (χ3n) is 6.10. The van der Waals surface area contributed by atoms with Crippen molar-refractivity contribution >= 4 is 32.6 Å². The van der Waals surface area contributed by atoms with Gasteiger partial charge in [-0.25, -0.2) is 4.98 Å². The molecule has 1 aliphatic heterocycles. The molecule has 0 bridgehead atoms. The van der Waals surface area contributed by atoms with Gasteiger partial charge in [0.2, 0.25) is 0 Å². The van der Waals surface area contributed by atoms with E-state index in [0.717, 1.165) is 48.8 Å². The molecule has 1 amide bonds. The number of anilines is 1. The van der Waals surface area contributed by atoms with Crippen molar-refractivity contribution in [2.24, 2.45) is 0 Å². The zero-order chi connectivity index (χ0) is 22.1. The SMILES string of the molecule is Cc1cc(C)c2sc(N3CCN(C(=O)c4ccc(Cc5ccccc5)cc4)CC3)nc2c1. The summed E-state index contributed by atoms with van der Waals surface area (Å²) in [5, 5.41) is 1.06. The zero-order valence-corrected chi connectivity index (χ0v) is 19.4. The summed E-state index contributed by atoms with van der Waals surface area (Å²) in [6.07, 6.45) is 0.884. The highest BCUT2D eigenvalue weighted by atomic mass is 32.1. The van der Waals surface area contributed by atoms with Crippen LogP contribution in [0, 0.1) is 13.8 Å². The average Bonchev–Trinajstić information content (AvgIpc) is 3.24. The Balaban J connectivity index is 1.22. The largest absolute Gasteiger partial charge is 0.345 e. The van der Waals surface area contributed by atoms with Crippen LogP contribution in [0.3, 0.4) is 0 Å². The normalized spacial score (nSPS) is 14.2. The molecule has 32 heavy (non-hydrogen) atoms. The fourth-order valence-electron chi connectivity index (χ4n) is 4.38. The number of fused-ring (bicyclic) bond motifs is 1. The number of carbonyl (C=O) groups is 1. The van der Waals surface area contributed by atoms with Crippen molar-refractivity contribution in [2.45, 2.75) is 20.3 Å². The lowest BCUT2D eigenvalue weighted by Crippen LogP contribution is -2.48. The van der Waals surface area contributed by atoms with E-state index in [4.69, 9.17) is 4.98 Å². The first-order valence-corrected chi connectivity index (χ1v) is 11.9. The first-order chi connectivity index (χ1) is 15.6. The second-order valence-corrected chi connectivity index (χ2v) is 9.54. The molecule has 0 unspecified atom stereocenters. The Labute approximate surface area is 193 Å². The topological polar surface area (TPSA) is 36.4 Å². The van der Waals surface area contributed by atoms with Crippen molar-refractivity contribution in [3.8, 4) is 0 Å². The first kappa shape index (κ1) is 20.7. The predicted octanol–water partition coefficient (Wildman–Crippen LogP) is 5.47. The second kappa shape index (κ2) is 8.75. The van der Waals surface area contributed by atoms with E-state index >= 15 is 0 Å². The molecule has 1 fully saturated rings. The van der Waals surface area contributed by atoms with Crippen LogP contribution in [0.2, 0.25) is 0 Å².